The Morgan fingerprint density at radius 2 is 1.94 bits per heavy atom. The maximum atomic E-state index is 9.15. The number of aliphatic hydroxyl groups is 1. The van der Waals surface area contributed by atoms with Gasteiger partial charge in [0.2, 0.25) is 0 Å². The van der Waals surface area contributed by atoms with E-state index >= 15 is 0 Å². The largest absolute Gasteiger partial charge is 0.396 e. The second-order valence-electron chi connectivity index (χ2n) is 5.03. The molecule has 0 aliphatic heterocycles. The molecule has 0 spiro atoms. The minimum atomic E-state index is 0.225. The maximum Gasteiger partial charge on any atom is 0.0669 e. The number of hydrogen-bond acceptors (Lipinski definition) is 3. The van der Waals surface area contributed by atoms with E-state index in [4.69, 9.17) is 5.11 Å². The first-order valence-corrected chi connectivity index (χ1v) is 6.92. The first-order valence-electron chi connectivity index (χ1n) is 6.92. The maximum absolute atomic E-state index is 9.15. The van der Waals surface area contributed by atoms with Gasteiger partial charge in [-0.05, 0) is 25.7 Å². The Bertz CT molecular complexity index is 373. The molecule has 1 aromatic heterocycles. The Balaban J connectivity index is 2.77. The number of hydrogen-bond donors (Lipinski definition) is 2. The van der Waals surface area contributed by atoms with Crippen molar-refractivity contribution in [1.82, 2.24) is 15.1 Å². The number of rotatable bonds is 7. The Morgan fingerprint density at radius 3 is 2.44 bits per heavy atom. The highest BCUT2D eigenvalue weighted by molar-refractivity contribution is 5.26. The molecule has 0 fully saturated rings. The van der Waals surface area contributed by atoms with Crippen molar-refractivity contribution in [3.8, 4) is 0 Å². The standard InChI is InChI=1S/C14H27N3O/c1-6-13-12(14(7-2)17(5)16-13)8-15-11(4)10(3)9-18/h10-11,15,18H,6-9H2,1-5H3. The molecule has 0 saturated heterocycles. The van der Waals surface area contributed by atoms with E-state index in [-0.39, 0.29) is 12.5 Å². The van der Waals surface area contributed by atoms with Crippen LogP contribution in [-0.4, -0.2) is 27.5 Å². The van der Waals surface area contributed by atoms with Gasteiger partial charge < -0.3 is 10.4 Å². The summed E-state index contributed by atoms with van der Waals surface area (Å²) in [7, 11) is 2.02. The molecule has 0 radical (unpaired) electrons. The molecule has 1 heterocycles. The van der Waals surface area contributed by atoms with Gasteiger partial charge >= 0.3 is 0 Å². The van der Waals surface area contributed by atoms with Crippen LogP contribution in [0.15, 0.2) is 0 Å². The van der Waals surface area contributed by atoms with Crippen LogP contribution in [0.1, 0.15) is 44.6 Å². The number of aliphatic hydroxyl groups excluding tert-OH is 1. The molecule has 0 bridgehead atoms. The monoisotopic (exact) mass is 253 g/mol. The average Bonchev–Trinajstić information content (AvgIpc) is 2.70. The Kier molecular flexibility index (Phi) is 5.82. The molecule has 18 heavy (non-hydrogen) atoms. The second-order valence-corrected chi connectivity index (χ2v) is 5.03. The van der Waals surface area contributed by atoms with Crippen molar-refractivity contribution in [2.45, 2.75) is 53.1 Å². The minimum absolute atomic E-state index is 0.225. The van der Waals surface area contributed by atoms with Crippen molar-refractivity contribution in [2.24, 2.45) is 13.0 Å². The fourth-order valence-corrected chi connectivity index (χ4v) is 2.22. The van der Waals surface area contributed by atoms with Crippen LogP contribution in [-0.2, 0) is 26.4 Å². The van der Waals surface area contributed by atoms with Crippen LogP contribution >= 0.6 is 0 Å². The normalized spacial score (nSPS) is 14.8. The molecule has 0 amide bonds. The lowest BCUT2D eigenvalue weighted by atomic mass is 10.0. The molecule has 0 saturated carbocycles. The Labute approximate surface area is 110 Å². The van der Waals surface area contributed by atoms with E-state index in [1.165, 1.54) is 17.0 Å². The van der Waals surface area contributed by atoms with Gasteiger partial charge in [0.05, 0.1) is 5.69 Å². The van der Waals surface area contributed by atoms with Crippen molar-refractivity contribution >= 4 is 0 Å². The van der Waals surface area contributed by atoms with Gasteiger partial charge in [-0.3, -0.25) is 4.68 Å². The predicted molar refractivity (Wildman–Crippen MR) is 74.5 cm³/mol. The molecule has 0 aliphatic rings. The topological polar surface area (TPSA) is 50.1 Å². The van der Waals surface area contributed by atoms with E-state index in [1.54, 1.807) is 0 Å². The van der Waals surface area contributed by atoms with Crippen LogP contribution in [0, 0.1) is 5.92 Å². The van der Waals surface area contributed by atoms with Gasteiger partial charge in [0.1, 0.15) is 0 Å². The van der Waals surface area contributed by atoms with Gasteiger partial charge in [-0.2, -0.15) is 5.10 Å². The zero-order chi connectivity index (χ0) is 13.7. The van der Waals surface area contributed by atoms with Crippen molar-refractivity contribution < 1.29 is 5.11 Å². The molecule has 4 heteroatoms. The van der Waals surface area contributed by atoms with E-state index < -0.39 is 0 Å². The summed E-state index contributed by atoms with van der Waals surface area (Å²) in [6.45, 7) is 9.55. The molecular formula is C14H27N3O. The van der Waals surface area contributed by atoms with E-state index in [0.29, 0.717) is 6.04 Å². The summed E-state index contributed by atoms with van der Waals surface area (Å²) in [6.07, 6.45) is 1.97. The number of aromatic nitrogens is 2. The third-order valence-corrected chi connectivity index (χ3v) is 3.77. The van der Waals surface area contributed by atoms with E-state index in [0.717, 1.165) is 19.4 Å². The smallest absolute Gasteiger partial charge is 0.0669 e. The molecule has 2 unspecified atom stereocenters. The fourth-order valence-electron chi connectivity index (χ4n) is 2.22. The summed E-state index contributed by atoms with van der Waals surface area (Å²) < 4.78 is 2.00. The molecular weight excluding hydrogens is 226 g/mol. The quantitative estimate of drug-likeness (QED) is 0.777. The lowest BCUT2D eigenvalue weighted by Gasteiger charge is -2.19. The van der Waals surface area contributed by atoms with E-state index in [2.05, 4.69) is 38.1 Å². The average molecular weight is 253 g/mol. The van der Waals surface area contributed by atoms with Gasteiger partial charge in [0.15, 0.2) is 0 Å². The molecule has 0 aliphatic carbocycles. The lowest BCUT2D eigenvalue weighted by molar-refractivity contribution is 0.207. The molecule has 1 rings (SSSR count). The van der Waals surface area contributed by atoms with Gasteiger partial charge in [0.25, 0.3) is 0 Å². The second kappa shape index (κ2) is 6.90. The highest BCUT2D eigenvalue weighted by Crippen LogP contribution is 2.16. The van der Waals surface area contributed by atoms with Crippen molar-refractivity contribution in [2.75, 3.05) is 6.61 Å². The number of nitrogens with zero attached hydrogens (tertiary/aromatic N) is 2. The molecule has 2 atom stereocenters. The summed E-state index contributed by atoms with van der Waals surface area (Å²) >= 11 is 0. The summed E-state index contributed by atoms with van der Waals surface area (Å²) in [5.41, 5.74) is 3.83. The summed E-state index contributed by atoms with van der Waals surface area (Å²) in [6, 6.07) is 0.310. The highest BCUT2D eigenvalue weighted by Gasteiger charge is 2.16. The van der Waals surface area contributed by atoms with Crippen LogP contribution in [0.3, 0.4) is 0 Å². The van der Waals surface area contributed by atoms with Crippen LogP contribution in [0.25, 0.3) is 0 Å². The first-order chi connectivity index (χ1) is 8.54. The van der Waals surface area contributed by atoms with Crippen molar-refractivity contribution in [3.63, 3.8) is 0 Å². The Hall–Kier alpha value is -0.870. The number of nitrogens with one attached hydrogen (secondary N) is 1. The van der Waals surface area contributed by atoms with Gasteiger partial charge in [-0.15, -0.1) is 0 Å². The highest BCUT2D eigenvalue weighted by atomic mass is 16.3. The summed E-state index contributed by atoms with van der Waals surface area (Å²) in [4.78, 5) is 0. The molecule has 1 aromatic rings. The zero-order valence-corrected chi connectivity index (χ0v) is 12.3. The summed E-state index contributed by atoms with van der Waals surface area (Å²) in [5.74, 6) is 0.275. The lowest BCUT2D eigenvalue weighted by Crippen LogP contribution is -2.33. The van der Waals surface area contributed by atoms with Crippen molar-refractivity contribution in [3.05, 3.63) is 17.0 Å². The third kappa shape index (κ3) is 3.33. The summed E-state index contributed by atoms with van der Waals surface area (Å²) in [5, 5.41) is 17.2. The zero-order valence-electron chi connectivity index (χ0n) is 12.3. The van der Waals surface area contributed by atoms with Crippen molar-refractivity contribution in [1.29, 1.82) is 0 Å². The predicted octanol–water partition coefficient (Wildman–Crippen LogP) is 1.65. The van der Waals surface area contributed by atoms with Gasteiger partial charge in [-0.1, -0.05) is 20.8 Å². The van der Waals surface area contributed by atoms with Crippen LogP contribution in [0.5, 0.6) is 0 Å². The molecule has 0 aromatic carbocycles. The van der Waals surface area contributed by atoms with Crippen LogP contribution in [0.2, 0.25) is 0 Å². The molecule has 2 N–H and O–H groups in total. The minimum Gasteiger partial charge on any atom is -0.396 e. The van der Waals surface area contributed by atoms with Gasteiger partial charge in [-0.25, -0.2) is 0 Å². The van der Waals surface area contributed by atoms with Crippen LogP contribution in [0.4, 0.5) is 0 Å². The SMILES string of the molecule is CCc1nn(C)c(CC)c1CNC(C)C(C)CO. The first kappa shape index (κ1) is 15.2. The molecule has 4 nitrogen and oxygen atoms in total. The fraction of sp³-hybridized carbons (Fsp3) is 0.786. The van der Waals surface area contributed by atoms with Crippen LogP contribution < -0.4 is 5.32 Å². The van der Waals surface area contributed by atoms with E-state index in [9.17, 15) is 0 Å². The Morgan fingerprint density at radius 1 is 1.28 bits per heavy atom. The third-order valence-electron chi connectivity index (χ3n) is 3.77. The number of aryl methyl sites for hydroxylation is 2. The molecule has 104 valence electrons. The van der Waals surface area contributed by atoms with Gasteiger partial charge in [0, 0.05) is 37.5 Å². The van der Waals surface area contributed by atoms with E-state index in [1.807, 2.05) is 11.7 Å².